The van der Waals surface area contributed by atoms with Crippen LogP contribution in [0.3, 0.4) is 0 Å². The zero-order chi connectivity index (χ0) is 16.2. The number of thioether (sulfide) groups is 1. The molecule has 0 radical (unpaired) electrons. The lowest BCUT2D eigenvalue weighted by atomic mass is 10.3. The monoisotopic (exact) mass is 365 g/mol. The van der Waals surface area contributed by atoms with Crippen LogP contribution in [0.2, 0.25) is 5.02 Å². The number of amides is 1. The van der Waals surface area contributed by atoms with E-state index in [1.165, 1.54) is 23.1 Å². The van der Waals surface area contributed by atoms with Crippen molar-refractivity contribution in [1.82, 2.24) is 10.2 Å². The van der Waals surface area contributed by atoms with E-state index in [0.717, 1.165) is 10.6 Å². The Bertz CT molecular complexity index is 805. The van der Waals surface area contributed by atoms with Gasteiger partial charge in [-0.15, -0.1) is 21.5 Å². The Hall–Kier alpha value is -1.83. The van der Waals surface area contributed by atoms with Gasteiger partial charge in [0.05, 0.1) is 10.6 Å². The van der Waals surface area contributed by atoms with Crippen molar-refractivity contribution in [2.24, 2.45) is 0 Å². The summed E-state index contributed by atoms with van der Waals surface area (Å²) in [7, 11) is 1.71. The molecule has 0 aliphatic carbocycles. The predicted molar refractivity (Wildman–Crippen MR) is 93.2 cm³/mol. The smallest absolute Gasteiger partial charge is 0.277 e. The van der Waals surface area contributed by atoms with Crippen molar-refractivity contribution in [3.63, 3.8) is 0 Å². The number of hydrogen-bond donors (Lipinski definition) is 0. The van der Waals surface area contributed by atoms with Crippen molar-refractivity contribution >= 4 is 46.3 Å². The molecule has 0 atom stereocenters. The van der Waals surface area contributed by atoms with Crippen LogP contribution in [0, 0.1) is 0 Å². The number of halogens is 1. The molecule has 0 N–H and O–H groups in total. The van der Waals surface area contributed by atoms with Gasteiger partial charge in [-0.3, -0.25) is 4.79 Å². The molecule has 1 amide bonds. The minimum Gasteiger partial charge on any atom is -0.410 e. The van der Waals surface area contributed by atoms with Gasteiger partial charge in [-0.05, 0) is 29.6 Å². The Labute approximate surface area is 146 Å². The first kappa shape index (κ1) is 16.0. The van der Waals surface area contributed by atoms with Crippen LogP contribution in [0.4, 0.5) is 5.69 Å². The largest absolute Gasteiger partial charge is 0.410 e. The SMILES string of the molecule is CN(C(=O)CSc1nnc(-c2cccs2)o1)c1cccc(Cl)c1. The van der Waals surface area contributed by atoms with E-state index in [-0.39, 0.29) is 11.7 Å². The quantitative estimate of drug-likeness (QED) is 0.634. The molecule has 0 spiro atoms. The molecule has 2 heterocycles. The van der Waals surface area contributed by atoms with Crippen LogP contribution in [0.5, 0.6) is 0 Å². The lowest BCUT2D eigenvalue weighted by molar-refractivity contribution is -0.115. The van der Waals surface area contributed by atoms with Crippen molar-refractivity contribution in [3.05, 3.63) is 46.8 Å². The van der Waals surface area contributed by atoms with Crippen molar-refractivity contribution in [1.29, 1.82) is 0 Å². The topological polar surface area (TPSA) is 59.2 Å². The molecule has 0 aliphatic heterocycles. The zero-order valence-corrected chi connectivity index (χ0v) is 14.5. The molecule has 3 aromatic rings. The fourth-order valence-electron chi connectivity index (χ4n) is 1.82. The highest BCUT2D eigenvalue weighted by atomic mass is 35.5. The number of carbonyl (C=O) groups is 1. The molecule has 2 aromatic heterocycles. The van der Waals surface area contributed by atoms with Gasteiger partial charge in [0.2, 0.25) is 5.91 Å². The number of carbonyl (C=O) groups excluding carboxylic acids is 1. The number of nitrogens with zero attached hydrogens (tertiary/aromatic N) is 3. The van der Waals surface area contributed by atoms with E-state index in [1.54, 1.807) is 30.1 Å². The molecular weight excluding hydrogens is 354 g/mol. The molecule has 0 aliphatic rings. The first-order valence-corrected chi connectivity index (χ1v) is 8.90. The van der Waals surface area contributed by atoms with E-state index in [9.17, 15) is 4.79 Å². The normalized spacial score (nSPS) is 10.7. The van der Waals surface area contributed by atoms with Gasteiger partial charge in [-0.25, -0.2) is 0 Å². The maximum atomic E-state index is 12.2. The second-order valence-electron chi connectivity index (χ2n) is 4.57. The number of aromatic nitrogens is 2. The maximum Gasteiger partial charge on any atom is 0.277 e. The molecule has 118 valence electrons. The van der Waals surface area contributed by atoms with Gasteiger partial charge >= 0.3 is 0 Å². The molecule has 0 saturated heterocycles. The average Bonchev–Trinajstić information content (AvgIpc) is 3.22. The summed E-state index contributed by atoms with van der Waals surface area (Å²) in [4.78, 5) is 14.7. The first-order chi connectivity index (χ1) is 11.1. The van der Waals surface area contributed by atoms with E-state index >= 15 is 0 Å². The molecular formula is C15H12ClN3O2S2. The molecule has 0 fully saturated rings. The molecule has 0 saturated carbocycles. The minimum absolute atomic E-state index is 0.0758. The first-order valence-electron chi connectivity index (χ1n) is 6.66. The third kappa shape index (κ3) is 3.93. The van der Waals surface area contributed by atoms with E-state index in [2.05, 4.69) is 10.2 Å². The Morgan fingerprint density at radius 2 is 2.22 bits per heavy atom. The zero-order valence-electron chi connectivity index (χ0n) is 12.1. The lowest BCUT2D eigenvalue weighted by Gasteiger charge is -2.16. The molecule has 3 rings (SSSR count). The van der Waals surface area contributed by atoms with E-state index in [1.807, 2.05) is 23.6 Å². The van der Waals surface area contributed by atoms with Gasteiger partial charge in [0.15, 0.2) is 0 Å². The summed E-state index contributed by atoms with van der Waals surface area (Å²) in [5.74, 6) is 0.598. The van der Waals surface area contributed by atoms with Gasteiger partial charge in [0, 0.05) is 17.8 Å². The standard InChI is InChI=1S/C15H12ClN3O2S2/c1-19(11-5-2-4-10(16)8-11)13(20)9-23-15-18-17-14(21-15)12-6-3-7-22-12/h2-8H,9H2,1H3. The van der Waals surface area contributed by atoms with Crippen LogP contribution in [0.15, 0.2) is 51.4 Å². The number of benzene rings is 1. The summed E-state index contributed by atoms with van der Waals surface area (Å²) >= 11 is 8.68. The van der Waals surface area contributed by atoms with Crippen molar-refractivity contribution in [3.8, 4) is 10.8 Å². The molecule has 0 unspecified atom stereocenters. The highest BCUT2D eigenvalue weighted by Crippen LogP contribution is 2.27. The van der Waals surface area contributed by atoms with Gasteiger partial charge in [-0.2, -0.15) is 0 Å². The number of anilines is 1. The van der Waals surface area contributed by atoms with E-state index in [4.69, 9.17) is 16.0 Å². The highest BCUT2D eigenvalue weighted by molar-refractivity contribution is 7.99. The summed E-state index contributed by atoms with van der Waals surface area (Å²) < 4.78 is 5.54. The Morgan fingerprint density at radius 3 is 2.96 bits per heavy atom. The summed E-state index contributed by atoms with van der Waals surface area (Å²) in [6.45, 7) is 0. The Kier molecular flexibility index (Phi) is 5.00. The molecule has 8 heteroatoms. The van der Waals surface area contributed by atoms with Gasteiger partial charge in [-0.1, -0.05) is 35.5 Å². The Balaban J connectivity index is 1.61. The fraction of sp³-hybridized carbons (Fsp3) is 0.133. The van der Waals surface area contributed by atoms with Crippen LogP contribution in [-0.4, -0.2) is 28.9 Å². The van der Waals surface area contributed by atoms with Gasteiger partial charge < -0.3 is 9.32 Å². The summed E-state index contributed by atoms with van der Waals surface area (Å²) in [5.41, 5.74) is 0.743. The summed E-state index contributed by atoms with van der Waals surface area (Å²) in [6, 6.07) is 11.0. The molecule has 0 bridgehead atoms. The third-order valence-corrected chi connectivity index (χ3v) is 4.92. The number of hydrogen-bond acceptors (Lipinski definition) is 6. The summed E-state index contributed by atoms with van der Waals surface area (Å²) in [6.07, 6.45) is 0. The third-order valence-electron chi connectivity index (χ3n) is 3.03. The number of thiophene rings is 1. The van der Waals surface area contributed by atoms with Crippen LogP contribution in [0.1, 0.15) is 0 Å². The molecule has 23 heavy (non-hydrogen) atoms. The second kappa shape index (κ2) is 7.16. The second-order valence-corrected chi connectivity index (χ2v) is 6.88. The Morgan fingerprint density at radius 1 is 1.35 bits per heavy atom. The lowest BCUT2D eigenvalue weighted by Crippen LogP contribution is -2.27. The van der Waals surface area contributed by atoms with Crippen LogP contribution in [0.25, 0.3) is 10.8 Å². The average molecular weight is 366 g/mol. The maximum absolute atomic E-state index is 12.2. The highest BCUT2D eigenvalue weighted by Gasteiger charge is 2.15. The van der Waals surface area contributed by atoms with E-state index < -0.39 is 0 Å². The van der Waals surface area contributed by atoms with Gasteiger partial charge in [0.25, 0.3) is 11.1 Å². The molecule has 5 nitrogen and oxygen atoms in total. The predicted octanol–water partition coefficient (Wildman–Crippen LogP) is 4.21. The van der Waals surface area contributed by atoms with E-state index in [0.29, 0.717) is 16.1 Å². The fourth-order valence-corrected chi connectivity index (χ4v) is 3.32. The van der Waals surface area contributed by atoms with Gasteiger partial charge in [0.1, 0.15) is 0 Å². The van der Waals surface area contributed by atoms with Crippen LogP contribution in [-0.2, 0) is 4.79 Å². The molecule has 1 aromatic carbocycles. The minimum atomic E-state index is -0.0758. The van der Waals surface area contributed by atoms with Crippen molar-refractivity contribution < 1.29 is 9.21 Å². The van der Waals surface area contributed by atoms with Crippen molar-refractivity contribution in [2.75, 3.05) is 17.7 Å². The van der Waals surface area contributed by atoms with Crippen LogP contribution >= 0.6 is 34.7 Å². The summed E-state index contributed by atoms with van der Waals surface area (Å²) in [5, 5.41) is 10.8. The van der Waals surface area contributed by atoms with Crippen molar-refractivity contribution in [2.45, 2.75) is 5.22 Å². The van der Waals surface area contributed by atoms with Crippen LogP contribution < -0.4 is 4.90 Å². The number of rotatable bonds is 5.